The standard InChI is InChI=1S/C11H15N3O/c1-15-9-3-2-8-10(14-9)13-7-11(4-5-11)6-12-8/h2-3,12H,4-7H2,1H3,(H,13,14). The summed E-state index contributed by atoms with van der Waals surface area (Å²) in [7, 11) is 1.64. The van der Waals surface area contributed by atoms with Crippen LogP contribution < -0.4 is 15.4 Å². The lowest BCUT2D eigenvalue weighted by Crippen LogP contribution is -2.19. The quantitative estimate of drug-likeness (QED) is 0.732. The molecule has 0 saturated heterocycles. The average Bonchev–Trinajstić information content (AvgIpc) is 3.07. The van der Waals surface area contributed by atoms with Crippen LogP contribution >= 0.6 is 0 Å². The van der Waals surface area contributed by atoms with E-state index in [0.29, 0.717) is 11.3 Å². The van der Waals surface area contributed by atoms with Gasteiger partial charge in [-0.15, -0.1) is 0 Å². The van der Waals surface area contributed by atoms with Gasteiger partial charge in [-0.1, -0.05) is 0 Å². The molecule has 2 heterocycles. The van der Waals surface area contributed by atoms with Crippen molar-refractivity contribution in [2.75, 3.05) is 30.8 Å². The van der Waals surface area contributed by atoms with Crippen LogP contribution in [0.3, 0.4) is 0 Å². The summed E-state index contributed by atoms with van der Waals surface area (Å²) in [5, 5.41) is 6.85. The van der Waals surface area contributed by atoms with E-state index in [1.54, 1.807) is 7.11 Å². The van der Waals surface area contributed by atoms with E-state index in [0.717, 1.165) is 24.6 Å². The fourth-order valence-corrected chi connectivity index (χ4v) is 1.98. The number of hydrogen-bond acceptors (Lipinski definition) is 4. The number of hydrogen-bond donors (Lipinski definition) is 2. The molecule has 0 amide bonds. The van der Waals surface area contributed by atoms with E-state index in [1.165, 1.54) is 12.8 Å². The normalized spacial score (nSPS) is 20.9. The molecule has 0 radical (unpaired) electrons. The molecule has 0 atom stereocenters. The minimum atomic E-state index is 0.480. The van der Waals surface area contributed by atoms with Crippen molar-refractivity contribution in [2.45, 2.75) is 12.8 Å². The van der Waals surface area contributed by atoms with Gasteiger partial charge in [-0.25, -0.2) is 0 Å². The fourth-order valence-electron chi connectivity index (χ4n) is 1.98. The SMILES string of the molecule is COc1ccc2c(n1)NCC1(CC1)CN2. The Balaban J connectivity index is 1.89. The summed E-state index contributed by atoms with van der Waals surface area (Å²) in [6.45, 7) is 2.08. The molecule has 1 aromatic heterocycles. The Morgan fingerprint density at radius 3 is 2.80 bits per heavy atom. The zero-order chi connectivity index (χ0) is 10.3. The van der Waals surface area contributed by atoms with Crippen LogP contribution in [0.25, 0.3) is 0 Å². The molecule has 3 rings (SSSR count). The lowest BCUT2D eigenvalue weighted by molar-refractivity contribution is 0.398. The summed E-state index contributed by atoms with van der Waals surface area (Å²) < 4.78 is 5.11. The number of aromatic nitrogens is 1. The molecule has 1 fully saturated rings. The zero-order valence-corrected chi connectivity index (χ0v) is 8.84. The number of fused-ring (bicyclic) bond motifs is 1. The molecule has 4 nitrogen and oxygen atoms in total. The number of nitrogens with zero attached hydrogens (tertiary/aromatic N) is 1. The minimum absolute atomic E-state index is 0.480. The third kappa shape index (κ3) is 1.50. The number of anilines is 2. The van der Waals surface area contributed by atoms with Crippen LogP contribution in [0.4, 0.5) is 11.5 Å². The smallest absolute Gasteiger partial charge is 0.215 e. The Morgan fingerprint density at radius 2 is 2.07 bits per heavy atom. The molecule has 1 aliphatic carbocycles. The maximum Gasteiger partial charge on any atom is 0.215 e. The van der Waals surface area contributed by atoms with E-state index in [4.69, 9.17) is 4.74 Å². The predicted molar refractivity (Wildman–Crippen MR) is 59.4 cm³/mol. The third-order valence-electron chi connectivity index (χ3n) is 3.32. The lowest BCUT2D eigenvalue weighted by Gasteiger charge is -2.10. The fraction of sp³-hybridized carbons (Fsp3) is 0.545. The van der Waals surface area contributed by atoms with Gasteiger partial charge in [-0.3, -0.25) is 0 Å². The summed E-state index contributed by atoms with van der Waals surface area (Å²) in [5.74, 6) is 1.58. The van der Waals surface area contributed by atoms with Gasteiger partial charge in [0.05, 0.1) is 12.8 Å². The van der Waals surface area contributed by atoms with Crippen molar-refractivity contribution in [1.82, 2.24) is 4.98 Å². The van der Waals surface area contributed by atoms with E-state index >= 15 is 0 Å². The van der Waals surface area contributed by atoms with Crippen molar-refractivity contribution >= 4 is 11.5 Å². The molecule has 2 N–H and O–H groups in total. The van der Waals surface area contributed by atoms with E-state index in [9.17, 15) is 0 Å². The monoisotopic (exact) mass is 205 g/mol. The Morgan fingerprint density at radius 1 is 1.27 bits per heavy atom. The molecule has 0 bridgehead atoms. The second-order valence-corrected chi connectivity index (χ2v) is 4.46. The number of methoxy groups -OCH3 is 1. The summed E-state index contributed by atoms with van der Waals surface area (Å²) >= 11 is 0. The summed E-state index contributed by atoms with van der Waals surface area (Å²) in [4.78, 5) is 4.39. The van der Waals surface area contributed by atoms with Crippen molar-refractivity contribution in [3.05, 3.63) is 12.1 Å². The molecule has 4 heteroatoms. The van der Waals surface area contributed by atoms with Crippen molar-refractivity contribution in [2.24, 2.45) is 5.41 Å². The number of rotatable bonds is 1. The van der Waals surface area contributed by atoms with Crippen LogP contribution in [0.1, 0.15) is 12.8 Å². The molecule has 15 heavy (non-hydrogen) atoms. The van der Waals surface area contributed by atoms with Gasteiger partial charge in [0.25, 0.3) is 0 Å². The maximum absolute atomic E-state index is 5.11. The molecule has 1 aliphatic heterocycles. The Bertz CT molecular complexity index is 387. The van der Waals surface area contributed by atoms with Gasteiger partial charge in [-0.05, 0) is 18.9 Å². The first-order chi connectivity index (χ1) is 7.31. The Kier molecular flexibility index (Phi) is 1.78. The van der Waals surface area contributed by atoms with E-state index < -0.39 is 0 Å². The molecule has 0 unspecified atom stereocenters. The third-order valence-corrected chi connectivity index (χ3v) is 3.32. The molecular formula is C11H15N3O. The van der Waals surface area contributed by atoms with Gasteiger partial charge < -0.3 is 15.4 Å². The van der Waals surface area contributed by atoms with Crippen LogP contribution in [0, 0.1) is 5.41 Å². The molecular weight excluding hydrogens is 190 g/mol. The van der Waals surface area contributed by atoms with E-state index in [-0.39, 0.29) is 0 Å². The van der Waals surface area contributed by atoms with Crippen molar-refractivity contribution in [3.8, 4) is 5.88 Å². The topological polar surface area (TPSA) is 46.2 Å². The lowest BCUT2D eigenvalue weighted by atomic mass is 10.1. The highest BCUT2D eigenvalue weighted by Gasteiger charge is 2.43. The molecule has 1 saturated carbocycles. The molecule has 0 aromatic carbocycles. The number of nitrogens with one attached hydrogen (secondary N) is 2. The van der Waals surface area contributed by atoms with Gasteiger partial charge in [-0.2, -0.15) is 4.98 Å². The van der Waals surface area contributed by atoms with Crippen molar-refractivity contribution < 1.29 is 4.74 Å². The Hall–Kier alpha value is -1.45. The van der Waals surface area contributed by atoms with Gasteiger partial charge in [0, 0.05) is 24.6 Å². The first-order valence-electron chi connectivity index (χ1n) is 5.34. The predicted octanol–water partition coefficient (Wildman–Crippen LogP) is 1.71. The molecule has 1 spiro atoms. The summed E-state index contributed by atoms with van der Waals surface area (Å²) in [5.41, 5.74) is 1.56. The highest BCUT2D eigenvalue weighted by Crippen LogP contribution is 2.47. The average molecular weight is 205 g/mol. The zero-order valence-electron chi connectivity index (χ0n) is 8.84. The second kappa shape index (κ2) is 3.02. The summed E-state index contributed by atoms with van der Waals surface area (Å²) in [6, 6.07) is 3.91. The van der Waals surface area contributed by atoms with Crippen LogP contribution in [0.15, 0.2) is 12.1 Å². The van der Waals surface area contributed by atoms with Crippen LogP contribution in [0.5, 0.6) is 5.88 Å². The first kappa shape index (κ1) is 8.83. The highest BCUT2D eigenvalue weighted by molar-refractivity contribution is 5.66. The van der Waals surface area contributed by atoms with Crippen molar-refractivity contribution in [3.63, 3.8) is 0 Å². The molecule has 2 aliphatic rings. The Labute approximate surface area is 89.0 Å². The van der Waals surface area contributed by atoms with Crippen molar-refractivity contribution in [1.29, 1.82) is 0 Å². The van der Waals surface area contributed by atoms with Gasteiger partial charge in [0.2, 0.25) is 5.88 Å². The molecule has 80 valence electrons. The van der Waals surface area contributed by atoms with Crippen LogP contribution in [-0.4, -0.2) is 25.2 Å². The number of pyridine rings is 1. The van der Waals surface area contributed by atoms with Crippen LogP contribution in [-0.2, 0) is 0 Å². The van der Waals surface area contributed by atoms with Gasteiger partial charge in [0.1, 0.15) is 0 Å². The summed E-state index contributed by atoms with van der Waals surface area (Å²) in [6.07, 6.45) is 2.64. The van der Waals surface area contributed by atoms with E-state index in [1.807, 2.05) is 12.1 Å². The minimum Gasteiger partial charge on any atom is -0.481 e. The van der Waals surface area contributed by atoms with Gasteiger partial charge in [0.15, 0.2) is 5.82 Å². The number of ether oxygens (including phenoxy) is 1. The molecule has 1 aromatic rings. The largest absolute Gasteiger partial charge is 0.481 e. The van der Waals surface area contributed by atoms with Crippen LogP contribution in [0.2, 0.25) is 0 Å². The highest BCUT2D eigenvalue weighted by atomic mass is 16.5. The maximum atomic E-state index is 5.11. The second-order valence-electron chi connectivity index (χ2n) is 4.46. The van der Waals surface area contributed by atoms with E-state index in [2.05, 4.69) is 15.6 Å². The van der Waals surface area contributed by atoms with Gasteiger partial charge >= 0.3 is 0 Å². The first-order valence-corrected chi connectivity index (χ1v) is 5.34.